The van der Waals surface area contributed by atoms with E-state index in [1.54, 1.807) is 17.7 Å². The van der Waals surface area contributed by atoms with Gasteiger partial charge in [-0.05, 0) is 31.2 Å². The Bertz CT molecular complexity index is 1160. The second-order valence-corrected chi connectivity index (χ2v) is 6.59. The molecule has 0 aliphatic heterocycles. The van der Waals surface area contributed by atoms with E-state index >= 15 is 0 Å². The van der Waals surface area contributed by atoms with Gasteiger partial charge >= 0.3 is 5.97 Å². The van der Waals surface area contributed by atoms with E-state index in [0.29, 0.717) is 17.9 Å². The predicted octanol–water partition coefficient (Wildman–Crippen LogP) is 4.00. The van der Waals surface area contributed by atoms with Crippen molar-refractivity contribution in [3.8, 4) is 17.0 Å². The molecule has 1 N–H and O–H groups in total. The van der Waals surface area contributed by atoms with Gasteiger partial charge in [0.05, 0.1) is 24.5 Å². The number of pyridine rings is 2. The van der Waals surface area contributed by atoms with E-state index in [2.05, 4.69) is 4.98 Å². The van der Waals surface area contributed by atoms with Gasteiger partial charge in [0.1, 0.15) is 11.4 Å². The van der Waals surface area contributed by atoms with Crippen molar-refractivity contribution in [3.05, 3.63) is 83.3 Å². The van der Waals surface area contributed by atoms with Crippen LogP contribution >= 0.6 is 0 Å². The van der Waals surface area contributed by atoms with Crippen LogP contribution < -0.4 is 4.74 Å². The second kappa shape index (κ2) is 7.15. The summed E-state index contributed by atoms with van der Waals surface area (Å²) in [6.07, 6.45) is 2.30. The number of nitrogens with zero attached hydrogens (tertiary/aromatic N) is 3. The van der Waals surface area contributed by atoms with Crippen LogP contribution in [0.4, 0.5) is 0 Å². The summed E-state index contributed by atoms with van der Waals surface area (Å²) < 4.78 is 7.11. The molecule has 140 valence electrons. The quantitative estimate of drug-likeness (QED) is 0.572. The first-order valence-corrected chi connectivity index (χ1v) is 8.86. The van der Waals surface area contributed by atoms with E-state index in [0.717, 1.165) is 22.3 Å². The van der Waals surface area contributed by atoms with E-state index in [1.807, 2.05) is 55.6 Å². The maximum absolute atomic E-state index is 11.3. The first kappa shape index (κ1) is 17.7. The fourth-order valence-electron chi connectivity index (χ4n) is 3.20. The Morgan fingerprint density at radius 1 is 1.11 bits per heavy atom. The lowest BCUT2D eigenvalue weighted by Gasteiger charge is -2.05. The molecule has 3 heterocycles. The molecule has 0 atom stereocenters. The molecule has 0 amide bonds. The number of carbonyl (C=O) groups is 1. The highest BCUT2D eigenvalue weighted by Crippen LogP contribution is 2.29. The van der Waals surface area contributed by atoms with Gasteiger partial charge in [-0.15, -0.1) is 0 Å². The van der Waals surface area contributed by atoms with Gasteiger partial charge < -0.3 is 9.84 Å². The van der Waals surface area contributed by atoms with Gasteiger partial charge in [-0.1, -0.05) is 35.9 Å². The van der Waals surface area contributed by atoms with Crippen LogP contribution in [0.25, 0.3) is 16.8 Å². The summed E-state index contributed by atoms with van der Waals surface area (Å²) in [6, 6.07) is 17.1. The van der Waals surface area contributed by atoms with Gasteiger partial charge in [-0.2, -0.15) is 5.10 Å². The minimum atomic E-state index is -1.04. The molecule has 0 radical (unpaired) electrons. The third-order valence-corrected chi connectivity index (χ3v) is 4.65. The molecule has 6 nitrogen and oxygen atoms in total. The van der Waals surface area contributed by atoms with Crippen LogP contribution in [0.15, 0.2) is 60.8 Å². The molecule has 4 rings (SSSR count). The zero-order valence-corrected chi connectivity index (χ0v) is 15.6. The molecule has 3 aromatic heterocycles. The summed E-state index contributed by atoms with van der Waals surface area (Å²) in [4.78, 5) is 15.5. The normalized spacial score (nSPS) is 10.9. The van der Waals surface area contributed by atoms with Crippen molar-refractivity contribution in [2.45, 2.75) is 13.3 Å². The molecule has 0 saturated heterocycles. The van der Waals surface area contributed by atoms with E-state index in [-0.39, 0.29) is 5.69 Å². The number of carboxylic acids is 1. The van der Waals surface area contributed by atoms with Crippen LogP contribution in [-0.4, -0.2) is 32.8 Å². The van der Waals surface area contributed by atoms with Crippen LogP contribution in [-0.2, 0) is 6.42 Å². The van der Waals surface area contributed by atoms with Crippen LogP contribution in [0.5, 0.6) is 5.75 Å². The van der Waals surface area contributed by atoms with Gasteiger partial charge in [-0.25, -0.2) is 14.3 Å². The number of methoxy groups -OCH3 is 1. The largest absolute Gasteiger partial charge is 0.495 e. The zero-order chi connectivity index (χ0) is 19.7. The average Bonchev–Trinajstić information content (AvgIpc) is 3.06. The fourth-order valence-corrected chi connectivity index (χ4v) is 3.20. The Hall–Kier alpha value is -3.67. The summed E-state index contributed by atoms with van der Waals surface area (Å²) in [5, 5.41) is 14.0. The van der Waals surface area contributed by atoms with Crippen molar-refractivity contribution in [2.75, 3.05) is 7.11 Å². The molecule has 1 aromatic carbocycles. The van der Waals surface area contributed by atoms with Crippen LogP contribution in [0.3, 0.4) is 0 Å². The molecule has 0 aliphatic carbocycles. The first-order valence-electron chi connectivity index (χ1n) is 8.86. The van der Waals surface area contributed by atoms with Crippen LogP contribution in [0.1, 0.15) is 27.3 Å². The number of aryl methyl sites for hydroxylation is 1. The number of hydrogen-bond donors (Lipinski definition) is 1. The monoisotopic (exact) mass is 373 g/mol. The summed E-state index contributed by atoms with van der Waals surface area (Å²) in [5.74, 6) is -0.326. The van der Waals surface area contributed by atoms with Gasteiger partial charge in [0.15, 0.2) is 0 Å². The van der Waals surface area contributed by atoms with Crippen molar-refractivity contribution < 1.29 is 14.6 Å². The second-order valence-electron chi connectivity index (χ2n) is 6.59. The predicted molar refractivity (Wildman–Crippen MR) is 106 cm³/mol. The Kier molecular flexibility index (Phi) is 4.53. The molecule has 0 bridgehead atoms. The van der Waals surface area contributed by atoms with Crippen LogP contribution in [0.2, 0.25) is 0 Å². The van der Waals surface area contributed by atoms with Crippen molar-refractivity contribution in [3.63, 3.8) is 0 Å². The Balaban J connectivity index is 1.87. The lowest BCUT2D eigenvalue weighted by molar-refractivity contribution is 0.0690. The third-order valence-electron chi connectivity index (χ3n) is 4.65. The van der Waals surface area contributed by atoms with Gasteiger partial charge in [-0.3, -0.25) is 0 Å². The number of ether oxygens (including phenoxy) is 1. The highest BCUT2D eigenvalue weighted by Gasteiger charge is 2.17. The maximum Gasteiger partial charge on any atom is 0.354 e. The highest BCUT2D eigenvalue weighted by molar-refractivity contribution is 5.85. The Morgan fingerprint density at radius 2 is 1.89 bits per heavy atom. The molecule has 0 fully saturated rings. The smallest absolute Gasteiger partial charge is 0.354 e. The number of carboxylic acid groups (broad SMARTS) is 1. The number of aromatic carboxylic acids is 1. The Labute approximate surface area is 162 Å². The van der Waals surface area contributed by atoms with E-state index in [1.165, 1.54) is 11.6 Å². The fraction of sp³-hybridized carbons (Fsp3) is 0.136. The SMILES string of the molecule is COc1ccc2c(Cc3cccc(C(=O)O)n3)c(-c3ccc(C)cc3)nn2c1. The maximum atomic E-state index is 11.3. The molecular formula is C22H19N3O3. The molecular weight excluding hydrogens is 354 g/mol. The Morgan fingerprint density at radius 3 is 2.61 bits per heavy atom. The average molecular weight is 373 g/mol. The molecule has 4 aromatic rings. The third kappa shape index (κ3) is 3.32. The van der Waals surface area contributed by atoms with E-state index in [9.17, 15) is 9.90 Å². The van der Waals surface area contributed by atoms with Crippen molar-refractivity contribution in [1.82, 2.24) is 14.6 Å². The number of aromatic nitrogens is 3. The van der Waals surface area contributed by atoms with Crippen molar-refractivity contribution >= 4 is 11.5 Å². The minimum Gasteiger partial charge on any atom is -0.495 e. The lowest BCUT2D eigenvalue weighted by Crippen LogP contribution is -2.03. The van der Waals surface area contributed by atoms with Gasteiger partial charge in [0, 0.05) is 23.2 Å². The molecule has 0 saturated carbocycles. The molecule has 28 heavy (non-hydrogen) atoms. The van der Waals surface area contributed by atoms with Gasteiger partial charge in [0.2, 0.25) is 0 Å². The van der Waals surface area contributed by atoms with E-state index < -0.39 is 5.97 Å². The first-order chi connectivity index (χ1) is 13.5. The summed E-state index contributed by atoms with van der Waals surface area (Å²) in [6.45, 7) is 2.04. The molecule has 0 spiro atoms. The molecule has 6 heteroatoms. The van der Waals surface area contributed by atoms with Crippen LogP contribution in [0, 0.1) is 6.92 Å². The molecule has 0 aliphatic rings. The topological polar surface area (TPSA) is 76.7 Å². The zero-order valence-electron chi connectivity index (χ0n) is 15.6. The number of fused-ring (bicyclic) bond motifs is 1. The summed E-state index contributed by atoms with van der Waals surface area (Å²) in [7, 11) is 1.62. The standard InChI is InChI=1S/C22H19N3O3/c1-14-6-8-15(9-7-14)21-18(12-16-4-3-5-19(23-16)22(26)27)20-11-10-17(28-2)13-25(20)24-21/h3-11,13H,12H2,1-2H3,(H,26,27). The van der Waals surface area contributed by atoms with Gasteiger partial charge in [0.25, 0.3) is 0 Å². The minimum absolute atomic E-state index is 0.0347. The van der Waals surface area contributed by atoms with Crippen molar-refractivity contribution in [2.24, 2.45) is 0 Å². The number of hydrogen-bond acceptors (Lipinski definition) is 4. The molecule has 0 unspecified atom stereocenters. The summed E-state index contributed by atoms with van der Waals surface area (Å²) >= 11 is 0. The highest BCUT2D eigenvalue weighted by atomic mass is 16.5. The lowest BCUT2D eigenvalue weighted by atomic mass is 10.0. The summed E-state index contributed by atoms with van der Waals surface area (Å²) in [5.41, 5.74) is 5.65. The van der Waals surface area contributed by atoms with Crippen molar-refractivity contribution in [1.29, 1.82) is 0 Å². The number of rotatable bonds is 5. The number of benzene rings is 1. The van der Waals surface area contributed by atoms with E-state index in [4.69, 9.17) is 9.84 Å².